The number of aliphatic hydroxyl groups excluding tert-OH is 1. The van der Waals surface area contributed by atoms with Crippen LogP contribution in [0.15, 0.2) is 0 Å². The van der Waals surface area contributed by atoms with Gasteiger partial charge in [-0.3, -0.25) is 4.79 Å². The molecule has 66 valence electrons. The fourth-order valence-corrected chi connectivity index (χ4v) is 0.734. The van der Waals surface area contributed by atoms with Crippen molar-refractivity contribution < 1.29 is 9.90 Å². The summed E-state index contributed by atoms with van der Waals surface area (Å²) in [7, 11) is 0. The van der Waals surface area contributed by atoms with Gasteiger partial charge in [0.2, 0.25) is 5.91 Å². The van der Waals surface area contributed by atoms with Crippen molar-refractivity contribution in [1.29, 1.82) is 0 Å². The van der Waals surface area contributed by atoms with Crippen LogP contribution in [0.2, 0.25) is 0 Å². The highest BCUT2D eigenvalue weighted by Crippen LogP contribution is 1.91. The van der Waals surface area contributed by atoms with Gasteiger partial charge in [0, 0.05) is 6.54 Å². The maximum absolute atomic E-state index is 10.7. The molecule has 1 atom stereocenters. The predicted octanol–water partition coefficient (Wildman–Crippen LogP) is 0.674. The van der Waals surface area contributed by atoms with E-state index >= 15 is 0 Å². The lowest BCUT2D eigenvalue weighted by molar-refractivity contribution is -0.128. The quantitative estimate of drug-likeness (QED) is 0.579. The smallest absolute Gasteiger partial charge is 0.248 e. The SMILES string of the molecule is CCCCCNC(=O)C(C)O. The minimum atomic E-state index is -0.878. The van der Waals surface area contributed by atoms with Gasteiger partial charge >= 0.3 is 0 Å². The number of carbonyl (C=O) groups excluding carboxylic acids is 1. The van der Waals surface area contributed by atoms with Crippen molar-refractivity contribution in [1.82, 2.24) is 5.32 Å². The molecule has 0 radical (unpaired) electrons. The molecule has 3 nitrogen and oxygen atoms in total. The Morgan fingerprint density at radius 3 is 2.64 bits per heavy atom. The molecular formula is C8H17NO2. The summed E-state index contributed by atoms with van der Waals surface area (Å²) in [5, 5.41) is 11.4. The van der Waals surface area contributed by atoms with E-state index in [1.807, 2.05) is 0 Å². The van der Waals surface area contributed by atoms with Crippen LogP contribution in [-0.2, 0) is 4.79 Å². The van der Waals surface area contributed by atoms with Crippen LogP contribution in [0.4, 0.5) is 0 Å². The van der Waals surface area contributed by atoms with Gasteiger partial charge in [0.1, 0.15) is 6.10 Å². The Morgan fingerprint density at radius 1 is 1.55 bits per heavy atom. The zero-order chi connectivity index (χ0) is 8.69. The predicted molar refractivity (Wildman–Crippen MR) is 44.2 cm³/mol. The molecule has 0 saturated heterocycles. The molecule has 0 aliphatic heterocycles. The fraction of sp³-hybridized carbons (Fsp3) is 0.875. The molecule has 0 heterocycles. The Labute approximate surface area is 67.8 Å². The Morgan fingerprint density at radius 2 is 2.18 bits per heavy atom. The van der Waals surface area contributed by atoms with Gasteiger partial charge in [0.05, 0.1) is 0 Å². The van der Waals surface area contributed by atoms with E-state index in [1.54, 1.807) is 0 Å². The number of rotatable bonds is 5. The van der Waals surface area contributed by atoms with Crippen molar-refractivity contribution >= 4 is 5.91 Å². The van der Waals surface area contributed by atoms with Crippen LogP contribution in [0, 0.1) is 0 Å². The van der Waals surface area contributed by atoms with Crippen LogP contribution in [0.3, 0.4) is 0 Å². The molecule has 0 aromatic carbocycles. The number of amides is 1. The summed E-state index contributed by atoms with van der Waals surface area (Å²) in [5.74, 6) is -0.277. The van der Waals surface area contributed by atoms with Gasteiger partial charge in [-0.2, -0.15) is 0 Å². The molecule has 0 spiro atoms. The second kappa shape index (κ2) is 6.16. The normalized spacial score (nSPS) is 12.6. The minimum Gasteiger partial charge on any atom is -0.384 e. The van der Waals surface area contributed by atoms with Gasteiger partial charge in [-0.15, -0.1) is 0 Å². The van der Waals surface area contributed by atoms with Gasteiger partial charge in [0.15, 0.2) is 0 Å². The first kappa shape index (κ1) is 10.4. The zero-order valence-corrected chi connectivity index (χ0v) is 7.26. The van der Waals surface area contributed by atoms with Crippen molar-refractivity contribution in [3.8, 4) is 0 Å². The van der Waals surface area contributed by atoms with Gasteiger partial charge in [-0.25, -0.2) is 0 Å². The molecule has 2 N–H and O–H groups in total. The highest BCUT2D eigenvalue weighted by Gasteiger charge is 2.05. The third-order valence-electron chi connectivity index (χ3n) is 1.46. The fourth-order valence-electron chi connectivity index (χ4n) is 0.734. The van der Waals surface area contributed by atoms with Crippen molar-refractivity contribution in [3.05, 3.63) is 0 Å². The number of nitrogens with one attached hydrogen (secondary N) is 1. The topological polar surface area (TPSA) is 49.3 Å². The Kier molecular flexibility index (Phi) is 5.84. The summed E-state index contributed by atoms with van der Waals surface area (Å²) in [5.41, 5.74) is 0. The molecule has 11 heavy (non-hydrogen) atoms. The molecule has 1 unspecified atom stereocenters. The largest absolute Gasteiger partial charge is 0.384 e. The molecule has 0 aromatic heterocycles. The molecule has 1 amide bonds. The molecule has 0 bridgehead atoms. The Hall–Kier alpha value is -0.570. The molecule has 0 rings (SSSR count). The van der Waals surface area contributed by atoms with Gasteiger partial charge in [-0.05, 0) is 13.3 Å². The summed E-state index contributed by atoms with van der Waals surface area (Å²) in [6, 6.07) is 0. The number of hydrogen-bond donors (Lipinski definition) is 2. The van der Waals surface area contributed by atoms with E-state index < -0.39 is 6.10 Å². The van der Waals surface area contributed by atoms with Gasteiger partial charge in [0.25, 0.3) is 0 Å². The van der Waals surface area contributed by atoms with Crippen molar-refractivity contribution in [2.75, 3.05) is 6.54 Å². The van der Waals surface area contributed by atoms with Crippen molar-refractivity contribution in [2.24, 2.45) is 0 Å². The third kappa shape index (κ3) is 5.85. The first-order valence-corrected chi connectivity index (χ1v) is 4.14. The summed E-state index contributed by atoms with van der Waals surface area (Å²) < 4.78 is 0. The van der Waals surface area contributed by atoms with E-state index in [2.05, 4.69) is 12.2 Å². The van der Waals surface area contributed by atoms with Crippen molar-refractivity contribution in [3.63, 3.8) is 0 Å². The molecule has 3 heteroatoms. The van der Waals surface area contributed by atoms with Gasteiger partial charge < -0.3 is 10.4 Å². The minimum absolute atomic E-state index is 0.277. The molecule has 0 aliphatic rings. The van der Waals surface area contributed by atoms with E-state index in [0.717, 1.165) is 19.3 Å². The summed E-state index contributed by atoms with van der Waals surface area (Å²) in [6.07, 6.45) is 2.39. The molecule has 0 aromatic rings. The van der Waals surface area contributed by atoms with E-state index in [0.29, 0.717) is 6.54 Å². The summed E-state index contributed by atoms with van der Waals surface area (Å²) in [4.78, 5) is 10.7. The maximum Gasteiger partial charge on any atom is 0.248 e. The van der Waals surface area contributed by atoms with Crippen molar-refractivity contribution in [2.45, 2.75) is 39.2 Å². The average Bonchev–Trinajstić information content (AvgIpc) is 1.97. The van der Waals surface area contributed by atoms with Crippen LogP contribution in [0.5, 0.6) is 0 Å². The lowest BCUT2D eigenvalue weighted by atomic mass is 10.2. The van der Waals surface area contributed by atoms with Gasteiger partial charge in [-0.1, -0.05) is 19.8 Å². The first-order valence-electron chi connectivity index (χ1n) is 4.14. The number of hydrogen-bond acceptors (Lipinski definition) is 2. The second-order valence-corrected chi connectivity index (χ2v) is 2.67. The second-order valence-electron chi connectivity index (χ2n) is 2.67. The van der Waals surface area contributed by atoms with E-state index in [1.165, 1.54) is 6.92 Å². The Balaban J connectivity index is 3.18. The summed E-state index contributed by atoms with van der Waals surface area (Å²) >= 11 is 0. The third-order valence-corrected chi connectivity index (χ3v) is 1.46. The number of unbranched alkanes of at least 4 members (excludes halogenated alkanes) is 2. The lowest BCUT2D eigenvalue weighted by Crippen LogP contribution is -2.33. The van der Waals surface area contributed by atoms with Crippen LogP contribution in [-0.4, -0.2) is 23.7 Å². The maximum atomic E-state index is 10.7. The van der Waals surface area contributed by atoms with E-state index in [4.69, 9.17) is 5.11 Å². The van der Waals surface area contributed by atoms with Crippen LogP contribution >= 0.6 is 0 Å². The molecule has 0 fully saturated rings. The summed E-state index contributed by atoms with van der Waals surface area (Å²) in [6.45, 7) is 4.25. The number of carbonyl (C=O) groups is 1. The van der Waals surface area contributed by atoms with E-state index in [9.17, 15) is 4.79 Å². The Bertz CT molecular complexity index is 113. The molecular weight excluding hydrogens is 142 g/mol. The van der Waals surface area contributed by atoms with Crippen LogP contribution < -0.4 is 5.32 Å². The molecule has 0 saturated carbocycles. The standard InChI is InChI=1S/C8H17NO2/c1-3-4-5-6-9-8(11)7(2)10/h7,10H,3-6H2,1-2H3,(H,9,11). The zero-order valence-electron chi connectivity index (χ0n) is 7.26. The first-order chi connectivity index (χ1) is 5.18. The van der Waals surface area contributed by atoms with Crippen LogP contribution in [0.1, 0.15) is 33.1 Å². The monoisotopic (exact) mass is 159 g/mol. The number of aliphatic hydroxyl groups is 1. The van der Waals surface area contributed by atoms with Crippen LogP contribution in [0.25, 0.3) is 0 Å². The molecule has 0 aliphatic carbocycles. The highest BCUT2D eigenvalue weighted by atomic mass is 16.3. The van der Waals surface area contributed by atoms with E-state index in [-0.39, 0.29) is 5.91 Å². The average molecular weight is 159 g/mol. The lowest BCUT2D eigenvalue weighted by Gasteiger charge is -2.05. The highest BCUT2D eigenvalue weighted by molar-refractivity contribution is 5.79.